The number of rotatable bonds is 2. The monoisotopic (exact) mass is 174 g/mol. The summed E-state index contributed by atoms with van der Waals surface area (Å²) < 4.78 is 0. The topological polar surface area (TPSA) is 29.1 Å². The highest BCUT2D eigenvalue weighted by Crippen LogP contribution is 2.38. The summed E-state index contributed by atoms with van der Waals surface area (Å²) in [5.74, 6) is 1.48. The van der Waals surface area contributed by atoms with E-state index in [1.165, 1.54) is 24.3 Å². The third-order valence-corrected chi connectivity index (χ3v) is 2.28. The van der Waals surface area contributed by atoms with Crippen LogP contribution in [0.25, 0.3) is 0 Å². The lowest BCUT2D eigenvalue weighted by Gasteiger charge is -2.00. The molecule has 0 aliphatic heterocycles. The molecule has 0 saturated heterocycles. The summed E-state index contributed by atoms with van der Waals surface area (Å²) in [4.78, 5) is 11.2. The zero-order valence-electron chi connectivity index (χ0n) is 7.63. The van der Waals surface area contributed by atoms with Crippen LogP contribution in [0.4, 0.5) is 0 Å². The molecule has 0 spiro atoms. The fraction of sp³-hybridized carbons (Fsp3) is 0.273. The van der Waals surface area contributed by atoms with Crippen molar-refractivity contribution in [1.82, 2.24) is 5.32 Å². The molecule has 1 radical (unpaired) electrons. The van der Waals surface area contributed by atoms with Crippen LogP contribution in [0.2, 0.25) is 0 Å². The summed E-state index contributed by atoms with van der Waals surface area (Å²) in [5, 5.41) is 2.60. The number of hydrogen-bond acceptors (Lipinski definition) is 1. The van der Waals surface area contributed by atoms with E-state index in [1.54, 1.807) is 7.05 Å². The quantitative estimate of drug-likeness (QED) is 0.727. The lowest BCUT2D eigenvalue weighted by atomic mass is 10.1. The number of nitrogens with one attached hydrogen (secondary N) is 1. The van der Waals surface area contributed by atoms with Crippen LogP contribution < -0.4 is 5.32 Å². The molecule has 0 atom stereocenters. The van der Waals surface area contributed by atoms with Crippen LogP contribution in [0.15, 0.2) is 24.3 Å². The third kappa shape index (κ3) is 1.72. The highest BCUT2D eigenvalue weighted by Gasteiger charge is 2.24. The molecule has 1 aliphatic carbocycles. The van der Waals surface area contributed by atoms with Gasteiger partial charge in [-0.05, 0) is 30.5 Å². The maximum atomic E-state index is 11.2. The van der Waals surface area contributed by atoms with Gasteiger partial charge in [0, 0.05) is 18.5 Å². The van der Waals surface area contributed by atoms with Gasteiger partial charge in [0.25, 0.3) is 5.91 Å². The number of hydrogen-bond donors (Lipinski definition) is 1. The molecular weight excluding hydrogens is 162 g/mol. The van der Waals surface area contributed by atoms with E-state index >= 15 is 0 Å². The number of benzene rings is 1. The summed E-state index contributed by atoms with van der Waals surface area (Å²) in [6.45, 7) is 0. The Kier molecular flexibility index (Phi) is 2.05. The van der Waals surface area contributed by atoms with Gasteiger partial charge in [-0.2, -0.15) is 0 Å². The van der Waals surface area contributed by atoms with Gasteiger partial charge in [0.2, 0.25) is 0 Å². The molecule has 1 aromatic rings. The van der Waals surface area contributed by atoms with E-state index in [0.717, 1.165) is 5.56 Å². The molecule has 0 unspecified atom stereocenters. The first-order valence-corrected chi connectivity index (χ1v) is 4.48. The molecule has 1 aliphatic rings. The minimum atomic E-state index is -0.0210. The van der Waals surface area contributed by atoms with E-state index < -0.39 is 0 Å². The molecule has 1 saturated carbocycles. The molecule has 1 aromatic carbocycles. The summed E-state index contributed by atoms with van der Waals surface area (Å²) >= 11 is 0. The fourth-order valence-electron chi connectivity index (χ4n) is 1.35. The second-order valence-electron chi connectivity index (χ2n) is 3.26. The van der Waals surface area contributed by atoms with E-state index in [-0.39, 0.29) is 5.91 Å². The van der Waals surface area contributed by atoms with E-state index in [4.69, 9.17) is 0 Å². The first-order valence-electron chi connectivity index (χ1n) is 4.48. The Labute approximate surface area is 78.0 Å². The highest BCUT2D eigenvalue weighted by molar-refractivity contribution is 5.94. The summed E-state index contributed by atoms with van der Waals surface area (Å²) in [7, 11) is 1.64. The van der Waals surface area contributed by atoms with Gasteiger partial charge >= 0.3 is 0 Å². The molecule has 0 bridgehead atoms. The van der Waals surface area contributed by atoms with Crippen LogP contribution in [0.3, 0.4) is 0 Å². The first-order chi connectivity index (χ1) is 6.31. The number of carbonyl (C=O) groups is 1. The van der Waals surface area contributed by atoms with Crippen LogP contribution in [-0.4, -0.2) is 13.0 Å². The fourth-order valence-corrected chi connectivity index (χ4v) is 1.35. The summed E-state index contributed by atoms with van der Waals surface area (Å²) in [6.07, 6.45) is 2.44. The largest absolute Gasteiger partial charge is 0.355 e. The smallest absolute Gasteiger partial charge is 0.251 e. The van der Waals surface area contributed by atoms with Crippen molar-refractivity contribution in [3.63, 3.8) is 0 Å². The molecule has 1 fully saturated rings. The highest BCUT2D eigenvalue weighted by atomic mass is 16.1. The standard InChI is InChI=1S/C11H12NO/c1-12-11(13)10-6-4-9(5-7-10)8-2-3-8/h4-7H,2-3H2,1H3,(H,12,13). The Morgan fingerprint density at radius 2 is 1.85 bits per heavy atom. The van der Waals surface area contributed by atoms with Crippen molar-refractivity contribution in [1.29, 1.82) is 0 Å². The average molecular weight is 174 g/mol. The molecular formula is C11H12NO. The van der Waals surface area contributed by atoms with Crippen LogP contribution in [0.5, 0.6) is 0 Å². The minimum absolute atomic E-state index is 0.0210. The van der Waals surface area contributed by atoms with Crippen molar-refractivity contribution >= 4 is 5.91 Å². The summed E-state index contributed by atoms with van der Waals surface area (Å²) in [6, 6.07) is 7.79. The van der Waals surface area contributed by atoms with E-state index in [9.17, 15) is 4.79 Å². The maximum absolute atomic E-state index is 11.2. The van der Waals surface area contributed by atoms with Crippen LogP contribution in [0.1, 0.15) is 28.8 Å². The van der Waals surface area contributed by atoms with Crippen molar-refractivity contribution < 1.29 is 4.79 Å². The van der Waals surface area contributed by atoms with E-state index in [1.807, 2.05) is 24.3 Å². The van der Waals surface area contributed by atoms with Gasteiger partial charge in [0.1, 0.15) is 0 Å². The lowest BCUT2D eigenvalue weighted by Crippen LogP contribution is -2.17. The van der Waals surface area contributed by atoms with Crippen molar-refractivity contribution in [2.75, 3.05) is 7.05 Å². The van der Waals surface area contributed by atoms with Crippen LogP contribution in [-0.2, 0) is 0 Å². The molecule has 1 amide bonds. The normalized spacial score (nSPS) is 15.5. The zero-order chi connectivity index (χ0) is 9.26. The van der Waals surface area contributed by atoms with Gasteiger partial charge in [-0.3, -0.25) is 4.79 Å². The second-order valence-corrected chi connectivity index (χ2v) is 3.26. The maximum Gasteiger partial charge on any atom is 0.251 e. The van der Waals surface area contributed by atoms with Gasteiger partial charge in [-0.15, -0.1) is 0 Å². The molecule has 2 rings (SSSR count). The zero-order valence-corrected chi connectivity index (χ0v) is 7.63. The molecule has 0 heterocycles. The Bertz CT molecular complexity index is 311. The Morgan fingerprint density at radius 1 is 1.23 bits per heavy atom. The van der Waals surface area contributed by atoms with Crippen molar-refractivity contribution in [3.8, 4) is 0 Å². The Morgan fingerprint density at radius 3 is 2.31 bits per heavy atom. The number of carbonyl (C=O) groups excluding carboxylic acids is 1. The summed E-state index contributed by atoms with van der Waals surface area (Å²) in [5.41, 5.74) is 2.01. The lowest BCUT2D eigenvalue weighted by molar-refractivity contribution is 0.0963. The van der Waals surface area contributed by atoms with Gasteiger partial charge in [0.05, 0.1) is 0 Å². The van der Waals surface area contributed by atoms with Gasteiger partial charge < -0.3 is 5.32 Å². The first kappa shape index (κ1) is 8.30. The van der Waals surface area contributed by atoms with Crippen molar-refractivity contribution in [3.05, 3.63) is 41.3 Å². The minimum Gasteiger partial charge on any atom is -0.355 e. The molecule has 67 valence electrons. The predicted molar refractivity (Wildman–Crippen MR) is 51.4 cm³/mol. The SMILES string of the molecule is CNC(=O)c1ccc([C]2CC2)cc1. The third-order valence-electron chi connectivity index (χ3n) is 2.28. The Balaban J connectivity index is 2.17. The molecule has 1 N–H and O–H groups in total. The number of amides is 1. The average Bonchev–Trinajstić information content (AvgIpc) is 3.00. The van der Waals surface area contributed by atoms with Crippen molar-refractivity contribution in [2.24, 2.45) is 0 Å². The van der Waals surface area contributed by atoms with E-state index in [2.05, 4.69) is 5.32 Å². The molecule has 2 heteroatoms. The second kappa shape index (κ2) is 3.21. The van der Waals surface area contributed by atoms with Gasteiger partial charge in [-0.25, -0.2) is 0 Å². The molecule has 0 aromatic heterocycles. The van der Waals surface area contributed by atoms with Gasteiger partial charge in [-0.1, -0.05) is 12.1 Å². The predicted octanol–water partition coefficient (Wildman–Crippen LogP) is 1.76. The van der Waals surface area contributed by atoms with Gasteiger partial charge in [0.15, 0.2) is 0 Å². The molecule has 13 heavy (non-hydrogen) atoms. The van der Waals surface area contributed by atoms with Crippen LogP contribution >= 0.6 is 0 Å². The van der Waals surface area contributed by atoms with Crippen LogP contribution in [0, 0.1) is 5.92 Å². The van der Waals surface area contributed by atoms with E-state index in [0.29, 0.717) is 0 Å². The molecule has 2 nitrogen and oxygen atoms in total. The Hall–Kier alpha value is -1.31. The van der Waals surface area contributed by atoms with Crippen molar-refractivity contribution in [2.45, 2.75) is 12.8 Å².